The van der Waals surface area contributed by atoms with Crippen molar-refractivity contribution in [2.45, 2.75) is 39.8 Å². The fraction of sp³-hybridized carbons (Fsp3) is 0.360. The summed E-state index contributed by atoms with van der Waals surface area (Å²) in [5.74, 6) is 1.40. The Hall–Kier alpha value is -4.49. The van der Waals surface area contributed by atoms with Crippen LogP contribution in [0.1, 0.15) is 24.5 Å². The van der Waals surface area contributed by atoms with Crippen molar-refractivity contribution in [1.29, 1.82) is 0 Å². The van der Waals surface area contributed by atoms with Crippen LogP contribution in [0.15, 0.2) is 53.7 Å². The lowest BCUT2D eigenvalue weighted by Gasteiger charge is -2.21. The fourth-order valence-electron chi connectivity index (χ4n) is 3.65. The molecule has 0 spiro atoms. The summed E-state index contributed by atoms with van der Waals surface area (Å²) >= 11 is 0. The number of hydrogen-bond acceptors (Lipinski definition) is 13. The number of benzene rings is 1. The van der Waals surface area contributed by atoms with Gasteiger partial charge < -0.3 is 49.1 Å². The number of aliphatic hydroxyl groups excluding tert-OH is 3. The Kier molecular flexibility index (Phi) is 14.3. The Bertz CT molecular complexity index is 1490. The molecule has 18 heteroatoms. The van der Waals surface area contributed by atoms with E-state index >= 15 is 0 Å². The zero-order chi connectivity index (χ0) is 32.9. The van der Waals surface area contributed by atoms with Gasteiger partial charge in [0.1, 0.15) is 23.1 Å². The third-order valence-electron chi connectivity index (χ3n) is 5.83. The van der Waals surface area contributed by atoms with E-state index in [0.29, 0.717) is 54.6 Å². The Morgan fingerprint density at radius 1 is 0.907 bits per heavy atom. The first kappa shape index (κ1) is 36.5. The van der Waals surface area contributed by atoms with E-state index in [-0.39, 0.29) is 30.6 Å². The molecule has 17 nitrogen and oxygen atoms in total. The minimum Gasteiger partial charge on any atom is -0.510 e. The Morgan fingerprint density at radius 3 is 1.91 bits per heavy atom. The Morgan fingerprint density at radius 2 is 1.44 bits per heavy atom. The van der Waals surface area contributed by atoms with Gasteiger partial charge in [-0.1, -0.05) is 17.7 Å². The number of aliphatic hydroxyl groups is 3. The van der Waals surface area contributed by atoms with Gasteiger partial charge in [0.05, 0.1) is 50.1 Å². The first-order valence-corrected chi connectivity index (χ1v) is 14.1. The number of rotatable bonds is 6. The second-order valence-corrected chi connectivity index (χ2v) is 10.2. The summed E-state index contributed by atoms with van der Waals surface area (Å²) in [6.07, 6.45) is 6.32. The zero-order valence-electron chi connectivity index (χ0n) is 23.9. The molecule has 0 radical (unpaired) electrons. The van der Waals surface area contributed by atoms with Crippen LogP contribution in [0.4, 0.5) is 23.0 Å². The first-order chi connectivity index (χ1) is 20.0. The second kappa shape index (κ2) is 16.8. The van der Waals surface area contributed by atoms with Crippen molar-refractivity contribution < 1.29 is 37.9 Å². The van der Waals surface area contributed by atoms with Gasteiger partial charge in [-0.2, -0.15) is 18.6 Å². The van der Waals surface area contributed by atoms with Crippen LogP contribution in [0, 0.1) is 12.8 Å². The molecule has 3 aromatic rings. The van der Waals surface area contributed by atoms with Crippen molar-refractivity contribution in [3.63, 3.8) is 0 Å². The number of phenolic OH excluding ortho intramolecular Hbond substituents is 1. The molecular weight excluding hydrogens is 586 g/mol. The average molecular weight is 628 g/mol. The predicted octanol–water partition coefficient (Wildman–Crippen LogP) is 0.364. The van der Waals surface area contributed by atoms with Crippen LogP contribution in [0.3, 0.4) is 0 Å². The second-order valence-electron chi connectivity index (χ2n) is 9.33. The molecule has 0 bridgehead atoms. The van der Waals surface area contributed by atoms with Gasteiger partial charge in [-0.05, 0) is 31.9 Å². The molecule has 0 saturated carbocycles. The van der Waals surface area contributed by atoms with Crippen LogP contribution >= 0.6 is 0 Å². The minimum atomic E-state index is -4.67. The summed E-state index contributed by atoms with van der Waals surface area (Å²) in [7, 11) is -4.67. The SMILES string of the molecule is CC1=CC(Cc2cnn(CCO)c2N)C(N)=C(O)C1.Cc1ccc(N)cc1O.Nc1cnn(CCO)c1N.O=S(=O)(O)O. The van der Waals surface area contributed by atoms with Crippen molar-refractivity contribution >= 4 is 33.4 Å². The highest BCUT2D eigenvalue weighted by molar-refractivity contribution is 7.79. The van der Waals surface area contributed by atoms with Gasteiger partial charge in [0.25, 0.3) is 0 Å². The van der Waals surface area contributed by atoms with Crippen molar-refractivity contribution in [2.24, 2.45) is 11.7 Å². The molecule has 1 unspecified atom stereocenters. The maximum atomic E-state index is 9.78. The van der Waals surface area contributed by atoms with E-state index in [1.807, 2.05) is 13.8 Å². The smallest absolute Gasteiger partial charge is 0.394 e. The van der Waals surface area contributed by atoms with Gasteiger partial charge in [-0.3, -0.25) is 9.11 Å². The number of aromatic nitrogens is 4. The molecule has 1 aliphatic rings. The normalized spacial score (nSPS) is 14.4. The lowest BCUT2D eigenvalue weighted by molar-refractivity contribution is 0.270. The first-order valence-electron chi connectivity index (χ1n) is 12.7. The van der Waals surface area contributed by atoms with Gasteiger partial charge in [0, 0.05) is 29.7 Å². The van der Waals surface area contributed by atoms with Crippen LogP contribution < -0.4 is 28.7 Å². The number of allylic oxidation sites excluding steroid dienone is 2. The third-order valence-corrected chi connectivity index (χ3v) is 5.83. The molecule has 240 valence electrons. The monoisotopic (exact) mass is 627 g/mol. The zero-order valence-corrected chi connectivity index (χ0v) is 24.7. The average Bonchev–Trinajstić information content (AvgIpc) is 3.41. The van der Waals surface area contributed by atoms with Crippen molar-refractivity contribution in [2.75, 3.05) is 36.1 Å². The van der Waals surface area contributed by atoms with E-state index in [0.717, 1.165) is 16.7 Å². The topological polar surface area (TPSA) is 321 Å². The molecule has 0 aliphatic heterocycles. The number of nitrogens with zero attached hydrogens (tertiary/aromatic N) is 4. The van der Waals surface area contributed by atoms with Gasteiger partial charge in [0.2, 0.25) is 0 Å². The fourth-order valence-corrected chi connectivity index (χ4v) is 3.65. The maximum absolute atomic E-state index is 9.78. The predicted molar refractivity (Wildman–Crippen MR) is 163 cm³/mol. The summed E-state index contributed by atoms with van der Waals surface area (Å²) in [5.41, 5.74) is 32.5. The van der Waals surface area contributed by atoms with E-state index < -0.39 is 10.4 Å². The van der Waals surface area contributed by atoms with Crippen LogP contribution in [-0.2, 0) is 29.9 Å². The van der Waals surface area contributed by atoms with Gasteiger partial charge in [-0.25, -0.2) is 9.36 Å². The maximum Gasteiger partial charge on any atom is 0.394 e. The quantitative estimate of drug-likeness (QED) is 0.0998. The van der Waals surface area contributed by atoms with Crippen LogP contribution in [-0.4, -0.2) is 70.7 Å². The number of nitrogen functional groups attached to an aromatic ring is 4. The minimum absolute atomic E-state index is 0.00338. The highest BCUT2D eigenvalue weighted by atomic mass is 32.3. The molecule has 1 aromatic carbocycles. The number of phenols is 1. The van der Waals surface area contributed by atoms with E-state index in [2.05, 4.69) is 16.3 Å². The summed E-state index contributed by atoms with van der Waals surface area (Å²) in [6.45, 7) is 4.58. The number of nitrogens with two attached hydrogens (primary N) is 5. The van der Waals surface area contributed by atoms with E-state index in [4.69, 9.17) is 61.5 Å². The molecule has 4 rings (SSSR count). The summed E-state index contributed by atoms with van der Waals surface area (Å²) < 4.78 is 34.6. The lowest BCUT2D eigenvalue weighted by atomic mass is 9.89. The Balaban J connectivity index is 0.000000324. The van der Waals surface area contributed by atoms with Gasteiger partial charge in [0.15, 0.2) is 0 Å². The van der Waals surface area contributed by atoms with E-state index in [1.54, 1.807) is 23.0 Å². The van der Waals surface area contributed by atoms with Crippen molar-refractivity contribution in [3.8, 4) is 5.75 Å². The standard InChI is InChI=1S/C13H20N4O2.C7H9NO.C5H10N4O.H2O4S/c1-8-4-9(12(14)11(19)5-8)6-10-7-16-17(2-3-18)13(10)15;1-5-2-3-6(8)4-7(5)9;6-4-3-8-9(1-2-10)5(4)7;1-5(2,3)4/h4,7,9,18-19H,2-3,5-6,14-15H2,1H3;2-4,9H,8H2,1H3;3,10H,1-2,6-7H2;(H2,1,2,3,4). The largest absolute Gasteiger partial charge is 0.510 e. The molecule has 43 heavy (non-hydrogen) atoms. The molecule has 0 amide bonds. The lowest BCUT2D eigenvalue weighted by Crippen LogP contribution is -2.19. The number of aromatic hydroxyl groups is 1. The molecule has 2 aromatic heterocycles. The summed E-state index contributed by atoms with van der Waals surface area (Å²) in [4.78, 5) is 0. The summed E-state index contributed by atoms with van der Waals surface area (Å²) in [5, 5.41) is 44.1. The Labute approximate surface area is 249 Å². The van der Waals surface area contributed by atoms with Gasteiger partial charge in [-0.15, -0.1) is 0 Å². The molecule has 16 N–H and O–H groups in total. The van der Waals surface area contributed by atoms with Crippen molar-refractivity contribution in [1.82, 2.24) is 19.6 Å². The number of anilines is 4. The molecule has 1 atom stereocenters. The molecule has 1 aliphatic carbocycles. The highest BCUT2D eigenvalue weighted by Gasteiger charge is 2.21. The molecule has 0 saturated heterocycles. The summed E-state index contributed by atoms with van der Waals surface area (Å²) in [6, 6.07) is 5.08. The third kappa shape index (κ3) is 12.9. The van der Waals surface area contributed by atoms with E-state index in [1.165, 1.54) is 16.9 Å². The molecular formula is C25H41N9O8S. The molecule has 0 fully saturated rings. The van der Waals surface area contributed by atoms with Crippen LogP contribution in [0.2, 0.25) is 0 Å². The van der Waals surface area contributed by atoms with Crippen LogP contribution in [0.5, 0.6) is 5.75 Å². The molecule has 2 heterocycles. The van der Waals surface area contributed by atoms with Crippen LogP contribution in [0.25, 0.3) is 0 Å². The van der Waals surface area contributed by atoms with Crippen molar-refractivity contribution in [3.05, 3.63) is 64.8 Å². The number of hydrogen-bond donors (Lipinski definition) is 11. The van der Waals surface area contributed by atoms with Gasteiger partial charge >= 0.3 is 10.4 Å². The van der Waals surface area contributed by atoms with E-state index in [9.17, 15) is 5.11 Å². The number of aryl methyl sites for hydroxylation is 1. The highest BCUT2D eigenvalue weighted by Crippen LogP contribution is 2.28.